The van der Waals surface area contributed by atoms with E-state index in [1.165, 1.54) is 11.1 Å². The van der Waals surface area contributed by atoms with Crippen LogP contribution in [0.25, 0.3) is 0 Å². The third-order valence-electron chi connectivity index (χ3n) is 3.59. The number of hydrogen-bond acceptors (Lipinski definition) is 2. The number of hydrogen-bond donors (Lipinski definition) is 2. The predicted molar refractivity (Wildman–Crippen MR) is 75.8 cm³/mol. The van der Waals surface area contributed by atoms with Crippen molar-refractivity contribution in [2.45, 2.75) is 18.9 Å². The number of carbonyl (C=O) groups is 1. The molecule has 0 radical (unpaired) electrons. The molecule has 0 spiro atoms. The molecule has 0 aliphatic heterocycles. The summed E-state index contributed by atoms with van der Waals surface area (Å²) in [6, 6.07) is 15.3. The van der Waals surface area contributed by atoms with E-state index in [2.05, 4.69) is 5.32 Å². The monoisotopic (exact) mass is 252 g/mol. The molecule has 0 aromatic heterocycles. The molecule has 0 saturated heterocycles. The van der Waals surface area contributed by atoms with Crippen molar-refractivity contribution in [3.05, 3.63) is 65.2 Å². The van der Waals surface area contributed by atoms with E-state index in [1.807, 2.05) is 48.5 Å². The Morgan fingerprint density at radius 1 is 1.16 bits per heavy atom. The third-order valence-corrected chi connectivity index (χ3v) is 3.59. The van der Waals surface area contributed by atoms with Crippen LogP contribution in [-0.2, 0) is 6.42 Å². The van der Waals surface area contributed by atoms with E-state index in [1.54, 1.807) is 0 Å². The molecule has 0 saturated carbocycles. The standard InChI is InChI=1S/C16H16N2O/c17-13-7-8-14-12(10-13)6-9-15(14)18-16(19)11-4-2-1-3-5-11/h1-5,7-8,10,15H,6,9,17H2,(H,18,19). The molecule has 0 bridgehead atoms. The van der Waals surface area contributed by atoms with Crippen molar-refractivity contribution < 1.29 is 4.79 Å². The summed E-state index contributed by atoms with van der Waals surface area (Å²) in [7, 11) is 0. The van der Waals surface area contributed by atoms with Crippen molar-refractivity contribution in [2.24, 2.45) is 0 Å². The fraction of sp³-hybridized carbons (Fsp3) is 0.188. The van der Waals surface area contributed by atoms with Gasteiger partial charge in [0.2, 0.25) is 0 Å². The summed E-state index contributed by atoms with van der Waals surface area (Å²) < 4.78 is 0. The molecule has 1 unspecified atom stereocenters. The average molecular weight is 252 g/mol. The zero-order valence-corrected chi connectivity index (χ0v) is 10.6. The lowest BCUT2D eigenvalue weighted by atomic mass is 10.1. The fourth-order valence-corrected chi connectivity index (χ4v) is 2.62. The number of aryl methyl sites for hydroxylation is 1. The van der Waals surface area contributed by atoms with Crippen LogP contribution in [0.15, 0.2) is 48.5 Å². The van der Waals surface area contributed by atoms with E-state index in [9.17, 15) is 4.79 Å². The number of nitrogens with two attached hydrogens (primary N) is 1. The minimum absolute atomic E-state index is 0.0183. The first-order valence-corrected chi connectivity index (χ1v) is 6.48. The highest BCUT2D eigenvalue weighted by Gasteiger charge is 2.24. The van der Waals surface area contributed by atoms with E-state index in [-0.39, 0.29) is 11.9 Å². The molecule has 96 valence electrons. The van der Waals surface area contributed by atoms with E-state index in [4.69, 9.17) is 5.73 Å². The highest BCUT2D eigenvalue weighted by atomic mass is 16.1. The number of benzene rings is 2. The summed E-state index contributed by atoms with van der Waals surface area (Å²) in [4.78, 5) is 12.1. The van der Waals surface area contributed by atoms with Crippen LogP contribution < -0.4 is 11.1 Å². The molecule has 3 N–H and O–H groups in total. The van der Waals surface area contributed by atoms with Crippen molar-refractivity contribution >= 4 is 11.6 Å². The van der Waals surface area contributed by atoms with Crippen LogP contribution in [0, 0.1) is 0 Å². The van der Waals surface area contributed by atoms with Gasteiger partial charge in [0.1, 0.15) is 0 Å². The molecule has 2 aromatic carbocycles. The van der Waals surface area contributed by atoms with Gasteiger partial charge < -0.3 is 11.1 Å². The van der Waals surface area contributed by atoms with Gasteiger partial charge in [-0.1, -0.05) is 24.3 Å². The lowest BCUT2D eigenvalue weighted by molar-refractivity contribution is 0.0936. The topological polar surface area (TPSA) is 55.1 Å². The maximum atomic E-state index is 12.1. The van der Waals surface area contributed by atoms with E-state index in [0.717, 1.165) is 18.5 Å². The highest BCUT2D eigenvalue weighted by Crippen LogP contribution is 2.32. The Hall–Kier alpha value is -2.29. The zero-order valence-electron chi connectivity index (χ0n) is 10.6. The summed E-state index contributed by atoms with van der Waals surface area (Å²) in [5.74, 6) is -0.0183. The molecule has 2 aromatic rings. The summed E-state index contributed by atoms with van der Waals surface area (Å²) in [5, 5.41) is 3.09. The molecule has 1 atom stereocenters. The van der Waals surface area contributed by atoms with Crippen LogP contribution in [0.4, 0.5) is 5.69 Å². The van der Waals surface area contributed by atoms with Gasteiger partial charge in [0.25, 0.3) is 5.91 Å². The maximum Gasteiger partial charge on any atom is 0.251 e. The Kier molecular flexibility index (Phi) is 2.95. The lowest BCUT2D eigenvalue weighted by Crippen LogP contribution is -2.27. The number of nitrogens with one attached hydrogen (secondary N) is 1. The summed E-state index contributed by atoms with van der Waals surface area (Å²) in [6.07, 6.45) is 1.91. The molecular weight excluding hydrogens is 236 g/mol. The molecule has 0 fully saturated rings. The predicted octanol–water partition coefficient (Wildman–Crippen LogP) is 2.69. The Morgan fingerprint density at radius 2 is 1.95 bits per heavy atom. The Labute approximate surface area is 112 Å². The Morgan fingerprint density at radius 3 is 2.74 bits per heavy atom. The van der Waals surface area contributed by atoms with Crippen LogP contribution in [0.5, 0.6) is 0 Å². The van der Waals surface area contributed by atoms with Gasteiger partial charge >= 0.3 is 0 Å². The first kappa shape index (κ1) is 11.8. The molecule has 1 amide bonds. The number of carbonyl (C=O) groups excluding carboxylic acids is 1. The van der Waals surface area contributed by atoms with Crippen LogP contribution in [-0.4, -0.2) is 5.91 Å². The Bertz CT molecular complexity index is 607. The number of nitrogen functional groups attached to an aromatic ring is 1. The molecule has 3 nitrogen and oxygen atoms in total. The lowest BCUT2D eigenvalue weighted by Gasteiger charge is -2.14. The number of amides is 1. The van der Waals surface area contributed by atoms with Crippen molar-refractivity contribution in [3.8, 4) is 0 Å². The van der Waals surface area contributed by atoms with Gasteiger partial charge in [0, 0.05) is 11.3 Å². The van der Waals surface area contributed by atoms with Gasteiger partial charge in [0.15, 0.2) is 0 Å². The summed E-state index contributed by atoms with van der Waals surface area (Å²) in [6.45, 7) is 0. The van der Waals surface area contributed by atoms with Crippen LogP contribution in [0.3, 0.4) is 0 Å². The molecule has 1 aliphatic rings. The van der Waals surface area contributed by atoms with Gasteiger partial charge in [-0.05, 0) is 48.2 Å². The van der Waals surface area contributed by atoms with Gasteiger partial charge in [-0.25, -0.2) is 0 Å². The minimum atomic E-state index is -0.0183. The molecule has 0 heterocycles. The first-order valence-electron chi connectivity index (χ1n) is 6.48. The second-order valence-corrected chi connectivity index (χ2v) is 4.89. The van der Waals surface area contributed by atoms with E-state index in [0.29, 0.717) is 5.56 Å². The van der Waals surface area contributed by atoms with Crippen molar-refractivity contribution in [1.29, 1.82) is 0 Å². The second kappa shape index (κ2) is 4.76. The van der Waals surface area contributed by atoms with Gasteiger partial charge in [-0.2, -0.15) is 0 Å². The van der Waals surface area contributed by atoms with Crippen LogP contribution in [0.1, 0.15) is 33.9 Å². The number of rotatable bonds is 2. The summed E-state index contributed by atoms with van der Waals surface area (Å²) in [5.41, 5.74) is 9.71. The zero-order chi connectivity index (χ0) is 13.2. The quantitative estimate of drug-likeness (QED) is 0.807. The SMILES string of the molecule is Nc1ccc2c(c1)CCC2NC(=O)c1ccccc1. The van der Waals surface area contributed by atoms with Crippen molar-refractivity contribution in [2.75, 3.05) is 5.73 Å². The first-order chi connectivity index (χ1) is 9.24. The normalized spacial score (nSPS) is 16.9. The molecule has 1 aliphatic carbocycles. The van der Waals surface area contributed by atoms with Crippen LogP contribution >= 0.6 is 0 Å². The van der Waals surface area contributed by atoms with Gasteiger partial charge in [-0.15, -0.1) is 0 Å². The molecule has 19 heavy (non-hydrogen) atoms. The average Bonchev–Trinajstić information content (AvgIpc) is 2.82. The smallest absolute Gasteiger partial charge is 0.251 e. The van der Waals surface area contributed by atoms with Crippen molar-refractivity contribution in [1.82, 2.24) is 5.32 Å². The van der Waals surface area contributed by atoms with Gasteiger partial charge in [-0.3, -0.25) is 4.79 Å². The largest absolute Gasteiger partial charge is 0.399 e. The second-order valence-electron chi connectivity index (χ2n) is 4.89. The summed E-state index contributed by atoms with van der Waals surface area (Å²) >= 11 is 0. The Balaban J connectivity index is 1.78. The molecule has 3 rings (SSSR count). The van der Waals surface area contributed by atoms with Crippen molar-refractivity contribution in [3.63, 3.8) is 0 Å². The molecular formula is C16H16N2O. The molecule has 3 heteroatoms. The number of anilines is 1. The minimum Gasteiger partial charge on any atom is -0.399 e. The van der Waals surface area contributed by atoms with E-state index < -0.39 is 0 Å². The third kappa shape index (κ3) is 2.32. The highest BCUT2D eigenvalue weighted by molar-refractivity contribution is 5.94. The number of fused-ring (bicyclic) bond motifs is 1. The van der Waals surface area contributed by atoms with Gasteiger partial charge in [0.05, 0.1) is 6.04 Å². The fourth-order valence-electron chi connectivity index (χ4n) is 2.62. The van der Waals surface area contributed by atoms with Crippen LogP contribution in [0.2, 0.25) is 0 Å². The maximum absolute atomic E-state index is 12.1. The van der Waals surface area contributed by atoms with E-state index >= 15 is 0 Å².